The summed E-state index contributed by atoms with van der Waals surface area (Å²) in [7, 11) is -8.04. The summed E-state index contributed by atoms with van der Waals surface area (Å²) in [5.74, 6) is -0.682. The number of hydrogen-bond acceptors (Lipinski definition) is 5. The number of amides is 1. The van der Waals surface area contributed by atoms with Crippen molar-refractivity contribution >= 4 is 54.6 Å². The van der Waals surface area contributed by atoms with Crippen molar-refractivity contribution in [2.24, 2.45) is 0 Å². The van der Waals surface area contributed by atoms with Crippen molar-refractivity contribution in [3.05, 3.63) is 83.4 Å². The molecular formula is C22H19ClF3N3O5S2. The molecule has 3 aromatic rings. The number of hydrogen-bond donors (Lipinski definition) is 2. The first-order valence-corrected chi connectivity index (χ1v) is 13.7. The van der Waals surface area contributed by atoms with Crippen LogP contribution in [0.4, 0.5) is 30.2 Å². The number of sulfonamides is 2. The molecule has 0 unspecified atom stereocenters. The van der Waals surface area contributed by atoms with E-state index in [9.17, 15) is 34.8 Å². The molecular weight excluding hydrogens is 543 g/mol. The predicted molar refractivity (Wildman–Crippen MR) is 131 cm³/mol. The van der Waals surface area contributed by atoms with Gasteiger partial charge in [0.15, 0.2) is 0 Å². The Kier molecular flexibility index (Phi) is 7.86. The molecule has 0 saturated heterocycles. The first-order valence-electron chi connectivity index (χ1n) is 9.99. The summed E-state index contributed by atoms with van der Waals surface area (Å²) in [5, 5.41) is 1.90. The average Bonchev–Trinajstić information content (AvgIpc) is 2.78. The number of anilines is 3. The molecule has 36 heavy (non-hydrogen) atoms. The molecule has 0 radical (unpaired) electrons. The van der Waals surface area contributed by atoms with Crippen LogP contribution in [0.25, 0.3) is 0 Å². The van der Waals surface area contributed by atoms with Crippen LogP contribution in [0.2, 0.25) is 5.02 Å². The van der Waals surface area contributed by atoms with Crippen molar-refractivity contribution in [3.63, 3.8) is 0 Å². The van der Waals surface area contributed by atoms with Crippen LogP contribution in [0.15, 0.2) is 77.7 Å². The zero-order valence-electron chi connectivity index (χ0n) is 18.5. The first kappa shape index (κ1) is 27.3. The number of nitrogens with zero attached hydrogens (tertiary/aromatic N) is 1. The zero-order valence-corrected chi connectivity index (χ0v) is 20.8. The summed E-state index contributed by atoms with van der Waals surface area (Å²) in [6.07, 6.45) is -3.82. The van der Waals surface area contributed by atoms with E-state index < -0.39 is 49.3 Å². The monoisotopic (exact) mass is 561 g/mol. The summed E-state index contributed by atoms with van der Waals surface area (Å²) in [4.78, 5) is 12.2. The molecule has 2 N–H and O–H groups in total. The van der Waals surface area contributed by atoms with E-state index >= 15 is 0 Å². The predicted octanol–water partition coefficient (Wildman–Crippen LogP) is 4.56. The lowest BCUT2D eigenvalue weighted by Crippen LogP contribution is -2.37. The lowest BCUT2D eigenvalue weighted by Gasteiger charge is -2.21. The molecule has 0 aliphatic rings. The summed E-state index contributed by atoms with van der Waals surface area (Å²) in [6, 6.07) is 15.3. The SMILES string of the molecule is CS(=O)(=O)N(CC(=O)Nc1ccc(S(=O)(=O)Nc2ccc(Cl)c(C(F)(F)F)c2)cc1)c1ccccc1. The number of nitrogens with one attached hydrogen (secondary N) is 2. The summed E-state index contributed by atoms with van der Waals surface area (Å²) < 4.78 is 91.5. The number of carbonyl (C=O) groups excluding carboxylic acids is 1. The van der Waals surface area contributed by atoms with Gasteiger partial charge < -0.3 is 5.32 Å². The van der Waals surface area contributed by atoms with Crippen LogP contribution in [0.3, 0.4) is 0 Å². The number of halogens is 4. The molecule has 8 nitrogen and oxygen atoms in total. The minimum atomic E-state index is -4.77. The lowest BCUT2D eigenvalue weighted by molar-refractivity contribution is -0.137. The van der Waals surface area contributed by atoms with Gasteiger partial charge >= 0.3 is 6.18 Å². The molecule has 0 heterocycles. The summed E-state index contributed by atoms with van der Waals surface area (Å²) in [5.41, 5.74) is -1.07. The van der Waals surface area contributed by atoms with Crippen LogP contribution in [-0.2, 0) is 31.0 Å². The molecule has 0 aliphatic heterocycles. The van der Waals surface area contributed by atoms with E-state index in [1.807, 2.05) is 4.72 Å². The molecule has 192 valence electrons. The summed E-state index contributed by atoms with van der Waals surface area (Å²) in [6.45, 7) is -0.525. The highest BCUT2D eigenvalue weighted by Gasteiger charge is 2.33. The second kappa shape index (κ2) is 10.4. The largest absolute Gasteiger partial charge is 0.417 e. The van der Waals surface area contributed by atoms with Gasteiger partial charge in [-0.15, -0.1) is 0 Å². The van der Waals surface area contributed by atoms with Gasteiger partial charge in [-0.3, -0.25) is 13.8 Å². The second-order valence-electron chi connectivity index (χ2n) is 7.48. The van der Waals surface area contributed by atoms with Crippen molar-refractivity contribution in [2.75, 3.05) is 27.1 Å². The second-order valence-corrected chi connectivity index (χ2v) is 11.5. The smallest absolute Gasteiger partial charge is 0.325 e. The maximum absolute atomic E-state index is 13.0. The number of benzene rings is 3. The topological polar surface area (TPSA) is 113 Å². The van der Waals surface area contributed by atoms with E-state index in [1.165, 1.54) is 24.3 Å². The van der Waals surface area contributed by atoms with Gasteiger partial charge in [0.05, 0.1) is 27.4 Å². The molecule has 1 amide bonds. The maximum Gasteiger partial charge on any atom is 0.417 e. The third-order valence-corrected chi connectivity index (χ3v) is 7.57. The van der Waals surface area contributed by atoms with Crippen LogP contribution in [0.1, 0.15) is 5.56 Å². The molecule has 0 aromatic heterocycles. The number of para-hydroxylation sites is 1. The fraction of sp³-hybridized carbons (Fsp3) is 0.136. The van der Waals surface area contributed by atoms with Crippen molar-refractivity contribution in [1.29, 1.82) is 0 Å². The third kappa shape index (κ3) is 6.89. The standard InChI is InChI=1S/C22H19ClF3N3O5S2/c1-35(31,32)29(17-5-3-2-4-6-17)14-21(30)27-15-7-10-18(11-8-15)36(33,34)28-16-9-12-20(23)19(13-16)22(24,25)26/h2-13,28H,14H2,1H3,(H,27,30). The van der Waals surface area contributed by atoms with Crippen LogP contribution in [0, 0.1) is 0 Å². The fourth-order valence-electron chi connectivity index (χ4n) is 3.06. The van der Waals surface area contributed by atoms with Gasteiger partial charge in [0.25, 0.3) is 10.0 Å². The Morgan fingerprint density at radius 2 is 1.50 bits per heavy atom. The van der Waals surface area contributed by atoms with Crippen LogP contribution in [0.5, 0.6) is 0 Å². The van der Waals surface area contributed by atoms with E-state index in [0.29, 0.717) is 11.8 Å². The quantitative estimate of drug-likeness (QED) is 0.418. The Bertz CT molecular complexity index is 1470. The molecule has 0 atom stereocenters. The van der Waals surface area contributed by atoms with Crippen LogP contribution < -0.4 is 14.3 Å². The highest BCUT2D eigenvalue weighted by Crippen LogP contribution is 2.36. The van der Waals surface area contributed by atoms with Crippen molar-refractivity contribution in [3.8, 4) is 0 Å². The highest BCUT2D eigenvalue weighted by atomic mass is 35.5. The molecule has 0 spiro atoms. The van der Waals surface area contributed by atoms with Crippen molar-refractivity contribution in [2.45, 2.75) is 11.1 Å². The van der Waals surface area contributed by atoms with Gasteiger partial charge in [-0.1, -0.05) is 29.8 Å². The number of carbonyl (C=O) groups is 1. The third-order valence-electron chi connectivity index (χ3n) is 4.70. The Balaban J connectivity index is 1.73. The minimum Gasteiger partial charge on any atom is -0.325 e. The van der Waals surface area contributed by atoms with Crippen molar-refractivity contribution < 1.29 is 34.8 Å². The zero-order chi connectivity index (χ0) is 26.7. The van der Waals surface area contributed by atoms with Gasteiger partial charge in [-0.25, -0.2) is 16.8 Å². The number of alkyl halides is 3. The van der Waals surface area contributed by atoms with Crippen LogP contribution in [-0.4, -0.2) is 35.5 Å². The molecule has 14 heteroatoms. The molecule has 3 rings (SSSR count). The van der Waals surface area contributed by atoms with Crippen molar-refractivity contribution in [1.82, 2.24) is 0 Å². The van der Waals surface area contributed by atoms with E-state index in [0.717, 1.165) is 34.8 Å². The fourth-order valence-corrected chi connectivity index (χ4v) is 5.19. The Morgan fingerprint density at radius 3 is 2.06 bits per heavy atom. The van der Waals surface area contributed by atoms with E-state index in [4.69, 9.17) is 11.6 Å². The van der Waals surface area contributed by atoms with E-state index in [1.54, 1.807) is 18.2 Å². The van der Waals surface area contributed by atoms with Gasteiger partial charge in [0, 0.05) is 11.4 Å². The molecule has 0 saturated carbocycles. The maximum atomic E-state index is 13.0. The molecule has 0 bridgehead atoms. The Hall–Kier alpha value is -3.29. The highest BCUT2D eigenvalue weighted by molar-refractivity contribution is 7.92. The van der Waals surface area contributed by atoms with Crippen LogP contribution >= 0.6 is 11.6 Å². The number of rotatable bonds is 8. The lowest BCUT2D eigenvalue weighted by atomic mass is 10.2. The molecule has 3 aromatic carbocycles. The van der Waals surface area contributed by atoms with E-state index in [-0.39, 0.29) is 16.3 Å². The average molecular weight is 562 g/mol. The normalized spacial score (nSPS) is 12.1. The van der Waals surface area contributed by atoms with Gasteiger partial charge in [0.1, 0.15) is 6.54 Å². The van der Waals surface area contributed by atoms with E-state index in [2.05, 4.69) is 5.32 Å². The minimum absolute atomic E-state index is 0.173. The van der Waals surface area contributed by atoms with Gasteiger partial charge in [-0.2, -0.15) is 13.2 Å². The van der Waals surface area contributed by atoms with Gasteiger partial charge in [0.2, 0.25) is 15.9 Å². The molecule has 0 fully saturated rings. The first-order chi connectivity index (χ1) is 16.7. The molecule has 0 aliphatic carbocycles. The Morgan fingerprint density at radius 1 is 0.917 bits per heavy atom. The Labute approximate surface area is 210 Å². The van der Waals surface area contributed by atoms with Gasteiger partial charge in [-0.05, 0) is 54.6 Å². The summed E-state index contributed by atoms with van der Waals surface area (Å²) >= 11 is 5.55.